The number of fused-ring (bicyclic) bond motifs is 3. The Hall–Kier alpha value is -1.81. The number of Topliss-reactive ketones (excluding diaryl/α,β-unsaturated/α-hetero) is 1. The van der Waals surface area contributed by atoms with Crippen LogP contribution < -0.4 is 0 Å². The molecule has 1 aliphatic carbocycles. The number of aromatic nitrogens is 1. The summed E-state index contributed by atoms with van der Waals surface area (Å²) < 4.78 is 0. The lowest BCUT2D eigenvalue weighted by atomic mass is 9.79. The van der Waals surface area contributed by atoms with Gasteiger partial charge in [-0.1, -0.05) is 18.5 Å². The van der Waals surface area contributed by atoms with Gasteiger partial charge in [-0.25, -0.2) is 0 Å². The molecule has 0 fully saturated rings. The normalized spacial score (nSPS) is 19.9. The number of hydrogen-bond donors (Lipinski definition) is 2. The zero-order chi connectivity index (χ0) is 14.4. The van der Waals surface area contributed by atoms with E-state index in [1.54, 1.807) is 13.0 Å². The fraction of sp³-hybridized carbons (Fsp3) is 0.333. The summed E-state index contributed by atoms with van der Waals surface area (Å²) >= 11 is 6.00. The molecule has 1 aliphatic rings. The number of aryl methyl sites for hydroxylation is 1. The second kappa shape index (κ2) is 4.63. The summed E-state index contributed by atoms with van der Waals surface area (Å²) in [4.78, 5) is 26.7. The lowest BCUT2D eigenvalue weighted by molar-refractivity contribution is -0.142. The summed E-state index contributed by atoms with van der Waals surface area (Å²) in [6.07, 6.45) is 1.27. The minimum absolute atomic E-state index is 0.103. The molecular formula is C15H14ClNO3. The van der Waals surface area contributed by atoms with Gasteiger partial charge < -0.3 is 10.1 Å². The number of carboxylic acid groups (broad SMARTS) is 1. The zero-order valence-electron chi connectivity index (χ0n) is 10.9. The summed E-state index contributed by atoms with van der Waals surface area (Å²) in [6, 6.07) is 5.47. The molecule has 1 heterocycles. The van der Waals surface area contributed by atoms with Gasteiger partial charge in [-0.15, -0.1) is 0 Å². The largest absolute Gasteiger partial charge is 0.481 e. The maximum absolute atomic E-state index is 12.5. The van der Waals surface area contributed by atoms with Crippen molar-refractivity contribution < 1.29 is 14.7 Å². The van der Waals surface area contributed by atoms with Crippen molar-refractivity contribution in [2.24, 2.45) is 11.8 Å². The van der Waals surface area contributed by atoms with Crippen LogP contribution in [0.25, 0.3) is 10.9 Å². The van der Waals surface area contributed by atoms with Crippen molar-refractivity contribution in [1.29, 1.82) is 0 Å². The summed E-state index contributed by atoms with van der Waals surface area (Å²) in [7, 11) is 0. The first-order chi connectivity index (χ1) is 9.49. The molecule has 0 saturated heterocycles. The number of carbonyl (C=O) groups is 2. The Bertz CT molecular complexity index is 719. The van der Waals surface area contributed by atoms with Crippen molar-refractivity contribution >= 4 is 34.3 Å². The van der Waals surface area contributed by atoms with Gasteiger partial charge >= 0.3 is 5.97 Å². The molecule has 3 rings (SSSR count). The number of aliphatic carboxylic acids is 1. The molecule has 0 aliphatic heterocycles. The second-order valence-electron chi connectivity index (χ2n) is 5.30. The first kappa shape index (κ1) is 13.2. The SMILES string of the molecule is CC(C(=O)O)C1CCc2c([nH]c3ccc(Cl)cc23)C1=O. The minimum atomic E-state index is -0.925. The Morgan fingerprint density at radius 1 is 1.50 bits per heavy atom. The Labute approximate surface area is 120 Å². The van der Waals surface area contributed by atoms with Crippen LogP contribution in [0.4, 0.5) is 0 Å². The third-order valence-corrected chi connectivity index (χ3v) is 4.38. The molecule has 1 aromatic carbocycles. The molecule has 2 aromatic rings. The topological polar surface area (TPSA) is 70.2 Å². The third kappa shape index (κ3) is 1.91. The van der Waals surface area contributed by atoms with E-state index in [1.165, 1.54) is 0 Å². The summed E-state index contributed by atoms with van der Waals surface area (Å²) in [6.45, 7) is 1.59. The number of carboxylic acids is 1. The number of halogens is 1. The number of H-pyrrole nitrogens is 1. The number of hydrogen-bond acceptors (Lipinski definition) is 2. The highest BCUT2D eigenvalue weighted by atomic mass is 35.5. The lowest BCUT2D eigenvalue weighted by Crippen LogP contribution is -2.31. The summed E-state index contributed by atoms with van der Waals surface area (Å²) in [5.74, 6) is -2.14. The van der Waals surface area contributed by atoms with E-state index in [9.17, 15) is 9.59 Å². The molecule has 4 nitrogen and oxygen atoms in total. The maximum Gasteiger partial charge on any atom is 0.306 e. The van der Waals surface area contributed by atoms with Crippen molar-refractivity contribution in [3.63, 3.8) is 0 Å². The monoisotopic (exact) mass is 291 g/mol. The lowest BCUT2D eigenvalue weighted by Gasteiger charge is -2.23. The zero-order valence-corrected chi connectivity index (χ0v) is 11.7. The number of aromatic amines is 1. The van der Waals surface area contributed by atoms with Gasteiger partial charge in [0.05, 0.1) is 11.6 Å². The molecule has 0 saturated carbocycles. The van der Waals surface area contributed by atoms with Gasteiger partial charge in [-0.05, 0) is 36.6 Å². The van der Waals surface area contributed by atoms with E-state index in [0.717, 1.165) is 16.5 Å². The van der Waals surface area contributed by atoms with E-state index in [-0.39, 0.29) is 5.78 Å². The van der Waals surface area contributed by atoms with Crippen molar-refractivity contribution in [1.82, 2.24) is 4.98 Å². The number of carbonyl (C=O) groups excluding carboxylic acids is 1. The van der Waals surface area contributed by atoms with Crippen LogP contribution in [0, 0.1) is 11.8 Å². The van der Waals surface area contributed by atoms with Gasteiger partial charge in [0, 0.05) is 21.8 Å². The Kier molecular flexibility index (Phi) is 3.05. The summed E-state index contributed by atoms with van der Waals surface area (Å²) in [5, 5.41) is 10.7. The van der Waals surface area contributed by atoms with Gasteiger partial charge in [-0.3, -0.25) is 9.59 Å². The minimum Gasteiger partial charge on any atom is -0.481 e. The van der Waals surface area contributed by atoms with Gasteiger partial charge in [0.25, 0.3) is 0 Å². The Morgan fingerprint density at radius 2 is 2.25 bits per heavy atom. The van der Waals surface area contributed by atoms with E-state index in [2.05, 4.69) is 4.98 Å². The fourth-order valence-electron chi connectivity index (χ4n) is 2.96. The molecule has 0 spiro atoms. The number of ketones is 1. The number of rotatable bonds is 2. The maximum atomic E-state index is 12.5. The number of benzene rings is 1. The molecule has 1 aromatic heterocycles. The quantitative estimate of drug-likeness (QED) is 0.892. The molecule has 104 valence electrons. The van der Waals surface area contributed by atoms with E-state index in [4.69, 9.17) is 16.7 Å². The van der Waals surface area contributed by atoms with E-state index >= 15 is 0 Å². The van der Waals surface area contributed by atoms with Crippen LogP contribution in [-0.4, -0.2) is 21.8 Å². The van der Waals surface area contributed by atoms with Crippen LogP contribution in [0.2, 0.25) is 5.02 Å². The van der Waals surface area contributed by atoms with Crippen molar-refractivity contribution in [3.05, 3.63) is 34.5 Å². The molecule has 2 N–H and O–H groups in total. The first-order valence-electron chi connectivity index (χ1n) is 6.56. The highest BCUT2D eigenvalue weighted by Crippen LogP contribution is 2.35. The molecule has 0 bridgehead atoms. The molecular weight excluding hydrogens is 278 g/mol. The summed E-state index contributed by atoms with van der Waals surface area (Å²) in [5.41, 5.74) is 2.38. The molecule has 2 unspecified atom stereocenters. The van der Waals surface area contributed by atoms with E-state index in [0.29, 0.717) is 23.6 Å². The van der Waals surface area contributed by atoms with Crippen LogP contribution in [0.5, 0.6) is 0 Å². The van der Waals surface area contributed by atoms with Crippen LogP contribution in [0.3, 0.4) is 0 Å². The van der Waals surface area contributed by atoms with Crippen molar-refractivity contribution in [2.45, 2.75) is 19.8 Å². The Morgan fingerprint density at radius 3 is 2.95 bits per heavy atom. The van der Waals surface area contributed by atoms with E-state index < -0.39 is 17.8 Å². The predicted octanol–water partition coefficient (Wildman–Crippen LogP) is 3.29. The molecule has 0 amide bonds. The highest BCUT2D eigenvalue weighted by Gasteiger charge is 2.36. The first-order valence-corrected chi connectivity index (χ1v) is 6.94. The second-order valence-corrected chi connectivity index (χ2v) is 5.74. The van der Waals surface area contributed by atoms with Gasteiger partial charge in [0.1, 0.15) is 0 Å². The fourth-order valence-corrected chi connectivity index (χ4v) is 3.13. The Balaban J connectivity index is 2.08. The van der Waals surface area contributed by atoms with Crippen LogP contribution in [0.1, 0.15) is 29.4 Å². The van der Waals surface area contributed by atoms with Gasteiger partial charge in [0.2, 0.25) is 0 Å². The third-order valence-electron chi connectivity index (χ3n) is 4.15. The molecule has 0 radical (unpaired) electrons. The standard InChI is InChI=1S/C15H14ClNO3/c1-7(15(19)20)9-3-4-10-11-6-8(16)2-5-12(11)17-13(10)14(9)18/h2,5-7,9,17H,3-4H2,1H3,(H,19,20). The highest BCUT2D eigenvalue weighted by molar-refractivity contribution is 6.31. The predicted molar refractivity (Wildman–Crippen MR) is 76.3 cm³/mol. The van der Waals surface area contributed by atoms with Crippen molar-refractivity contribution in [2.75, 3.05) is 0 Å². The van der Waals surface area contributed by atoms with Crippen LogP contribution >= 0.6 is 11.6 Å². The van der Waals surface area contributed by atoms with Crippen LogP contribution in [-0.2, 0) is 11.2 Å². The van der Waals surface area contributed by atoms with Gasteiger partial charge in [-0.2, -0.15) is 0 Å². The number of nitrogens with one attached hydrogen (secondary N) is 1. The van der Waals surface area contributed by atoms with Crippen molar-refractivity contribution in [3.8, 4) is 0 Å². The van der Waals surface area contributed by atoms with Gasteiger partial charge in [0.15, 0.2) is 5.78 Å². The average molecular weight is 292 g/mol. The molecule has 2 atom stereocenters. The average Bonchev–Trinajstić information content (AvgIpc) is 2.77. The molecule has 5 heteroatoms. The smallest absolute Gasteiger partial charge is 0.306 e. The van der Waals surface area contributed by atoms with Crippen LogP contribution in [0.15, 0.2) is 18.2 Å². The molecule has 20 heavy (non-hydrogen) atoms. The van der Waals surface area contributed by atoms with E-state index in [1.807, 2.05) is 12.1 Å².